The molecule has 0 aliphatic carbocycles. The molecule has 33 heavy (non-hydrogen) atoms. The van der Waals surface area contributed by atoms with Crippen LogP contribution in [0.25, 0.3) is 11.7 Å². The van der Waals surface area contributed by atoms with Crippen molar-refractivity contribution in [3.8, 4) is 0 Å². The molecule has 0 saturated carbocycles. The summed E-state index contributed by atoms with van der Waals surface area (Å²) < 4.78 is 7.04. The van der Waals surface area contributed by atoms with Crippen molar-refractivity contribution in [1.29, 1.82) is 0 Å². The number of hydrogen-bond donors (Lipinski definition) is 1. The number of pyridine rings is 1. The standard InChI is InChI=1S/C24H24N4O3S2/c1-16-8-9-20-26-21(25-11-10-17-6-4-3-5-7-17)18(22(29)28(20)15-16)14-19-23(30)27(12-13-31-2)24(32)33-19/h3-9,14-15,25H,10-13H2,1-2H3/b19-14-. The second-order valence-electron chi connectivity index (χ2n) is 7.60. The van der Waals surface area contributed by atoms with Crippen LogP contribution in [0, 0.1) is 6.92 Å². The van der Waals surface area contributed by atoms with Crippen LogP contribution in [0.4, 0.5) is 5.82 Å². The summed E-state index contributed by atoms with van der Waals surface area (Å²) in [7, 11) is 1.57. The summed E-state index contributed by atoms with van der Waals surface area (Å²) in [6.45, 7) is 3.26. The summed E-state index contributed by atoms with van der Waals surface area (Å²) in [6, 6.07) is 13.8. The van der Waals surface area contributed by atoms with E-state index in [-0.39, 0.29) is 11.5 Å². The van der Waals surface area contributed by atoms with Crippen LogP contribution in [0.2, 0.25) is 0 Å². The third kappa shape index (κ3) is 5.16. The van der Waals surface area contributed by atoms with E-state index in [2.05, 4.69) is 22.4 Å². The summed E-state index contributed by atoms with van der Waals surface area (Å²) in [5.41, 5.74) is 2.75. The van der Waals surface area contributed by atoms with Crippen LogP contribution in [-0.2, 0) is 16.0 Å². The fourth-order valence-corrected chi connectivity index (χ4v) is 4.79. The van der Waals surface area contributed by atoms with E-state index in [4.69, 9.17) is 17.0 Å². The zero-order chi connectivity index (χ0) is 23.4. The van der Waals surface area contributed by atoms with E-state index in [9.17, 15) is 9.59 Å². The van der Waals surface area contributed by atoms with E-state index in [0.29, 0.717) is 46.0 Å². The number of methoxy groups -OCH3 is 1. The van der Waals surface area contributed by atoms with Gasteiger partial charge in [0.25, 0.3) is 11.5 Å². The van der Waals surface area contributed by atoms with Crippen LogP contribution in [0.1, 0.15) is 16.7 Å². The first-order chi connectivity index (χ1) is 16.0. The molecule has 1 aliphatic heterocycles. The van der Waals surface area contributed by atoms with Gasteiger partial charge in [0.15, 0.2) is 0 Å². The zero-order valence-corrected chi connectivity index (χ0v) is 20.0. The fourth-order valence-electron chi connectivity index (χ4n) is 3.50. The molecule has 0 bridgehead atoms. The Balaban J connectivity index is 1.70. The number of aromatic nitrogens is 2. The largest absolute Gasteiger partial charge is 0.383 e. The Bertz CT molecular complexity index is 1290. The van der Waals surface area contributed by atoms with Gasteiger partial charge in [0.2, 0.25) is 0 Å². The van der Waals surface area contributed by atoms with Crippen LogP contribution < -0.4 is 10.9 Å². The van der Waals surface area contributed by atoms with Gasteiger partial charge in [-0.25, -0.2) is 4.98 Å². The fraction of sp³-hybridized carbons (Fsp3) is 0.250. The van der Waals surface area contributed by atoms with Crippen molar-refractivity contribution in [1.82, 2.24) is 14.3 Å². The van der Waals surface area contributed by atoms with E-state index in [1.54, 1.807) is 19.4 Å². The van der Waals surface area contributed by atoms with Crippen molar-refractivity contribution in [2.75, 3.05) is 32.1 Å². The Kier molecular flexibility index (Phi) is 7.22. The Morgan fingerprint density at radius 2 is 1.97 bits per heavy atom. The highest BCUT2D eigenvalue weighted by Crippen LogP contribution is 2.32. The lowest BCUT2D eigenvalue weighted by molar-refractivity contribution is -0.122. The number of carbonyl (C=O) groups excluding carboxylic acids is 1. The summed E-state index contributed by atoms with van der Waals surface area (Å²) in [4.78, 5) is 32.9. The summed E-state index contributed by atoms with van der Waals surface area (Å²) in [5.74, 6) is 0.216. The van der Waals surface area contributed by atoms with E-state index in [1.165, 1.54) is 26.6 Å². The van der Waals surface area contributed by atoms with E-state index in [1.807, 2.05) is 37.3 Å². The average Bonchev–Trinajstić information content (AvgIpc) is 3.08. The van der Waals surface area contributed by atoms with Gasteiger partial charge >= 0.3 is 0 Å². The van der Waals surface area contributed by atoms with Gasteiger partial charge in [-0.15, -0.1) is 0 Å². The monoisotopic (exact) mass is 480 g/mol. The number of benzene rings is 1. The normalized spacial score (nSPS) is 15.1. The van der Waals surface area contributed by atoms with E-state index < -0.39 is 0 Å². The minimum absolute atomic E-state index is 0.231. The van der Waals surface area contributed by atoms with E-state index >= 15 is 0 Å². The number of ether oxygens (including phenoxy) is 1. The van der Waals surface area contributed by atoms with Crippen molar-refractivity contribution in [2.45, 2.75) is 13.3 Å². The minimum atomic E-state index is -0.243. The molecule has 1 saturated heterocycles. The molecule has 1 fully saturated rings. The van der Waals surface area contributed by atoms with Gasteiger partial charge in [0, 0.05) is 19.9 Å². The molecule has 1 amide bonds. The number of nitrogens with one attached hydrogen (secondary N) is 1. The first-order valence-electron chi connectivity index (χ1n) is 10.5. The van der Waals surface area contributed by atoms with Gasteiger partial charge in [-0.1, -0.05) is 60.4 Å². The molecule has 0 radical (unpaired) electrons. The predicted octanol–water partition coefficient (Wildman–Crippen LogP) is 3.51. The lowest BCUT2D eigenvalue weighted by Crippen LogP contribution is -2.31. The van der Waals surface area contributed by atoms with E-state index in [0.717, 1.165) is 12.0 Å². The number of hydrogen-bond acceptors (Lipinski definition) is 7. The maximum absolute atomic E-state index is 13.4. The molecule has 0 spiro atoms. The molecule has 1 N–H and O–H groups in total. The third-order valence-electron chi connectivity index (χ3n) is 5.22. The van der Waals surface area contributed by atoms with Crippen molar-refractivity contribution in [2.24, 2.45) is 0 Å². The number of thioether (sulfide) groups is 1. The van der Waals surface area contributed by atoms with Crippen LogP contribution >= 0.6 is 24.0 Å². The molecule has 7 nitrogen and oxygen atoms in total. The van der Waals surface area contributed by atoms with Crippen molar-refractivity contribution in [3.63, 3.8) is 0 Å². The highest BCUT2D eigenvalue weighted by molar-refractivity contribution is 8.26. The number of fused-ring (bicyclic) bond motifs is 1. The van der Waals surface area contributed by atoms with Crippen LogP contribution in [0.5, 0.6) is 0 Å². The molecule has 3 aromatic rings. The Morgan fingerprint density at radius 1 is 1.18 bits per heavy atom. The molecule has 1 aliphatic rings. The zero-order valence-electron chi connectivity index (χ0n) is 18.4. The highest BCUT2D eigenvalue weighted by Gasteiger charge is 2.32. The van der Waals surface area contributed by atoms with Gasteiger partial charge in [0.1, 0.15) is 15.8 Å². The average molecular weight is 481 g/mol. The number of amides is 1. The van der Waals surface area contributed by atoms with Gasteiger partial charge in [0.05, 0.1) is 23.6 Å². The smallest absolute Gasteiger partial charge is 0.267 e. The molecule has 0 atom stereocenters. The number of aryl methyl sites for hydroxylation is 1. The number of rotatable bonds is 8. The van der Waals surface area contributed by atoms with Gasteiger partial charge in [-0.05, 0) is 36.6 Å². The van der Waals surface area contributed by atoms with Crippen LogP contribution in [-0.4, -0.2) is 51.3 Å². The minimum Gasteiger partial charge on any atom is -0.383 e. The molecular formula is C24H24N4O3S2. The number of thiocarbonyl (C=S) groups is 1. The Labute approximate surface area is 201 Å². The third-order valence-corrected chi connectivity index (χ3v) is 6.60. The molecule has 4 rings (SSSR count). The quantitative estimate of drug-likeness (QED) is 0.391. The molecule has 0 unspecified atom stereocenters. The maximum atomic E-state index is 13.4. The number of carbonyl (C=O) groups is 1. The highest BCUT2D eigenvalue weighted by atomic mass is 32.2. The molecule has 170 valence electrons. The lowest BCUT2D eigenvalue weighted by atomic mass is 10.1. The Morgan fingerprint density at radius 3 is 2.73 bits per heavy atom. The van der Waals surface area contributed by atoms with Crippen molar-refractivity contribution >= 4 is 51.7 Å². The number of nitrogens with zero attached hydrogens (tertiary/aromatic N) is 3. The van der Waals surface area contributed by atoms with Gasteiger partial charge in [-0.3, -0.25) is 18.9 Å². The second kappa shape index (κ2) is 10.3. The topological polar surface area (TPSA) is 75.9 Å². The molecule has 3 heterocycles. The lowest BCUT2D eigenvalue weighted by Gasteiger charge is -2.13. The molecular weight excluding hydrogens is 456 g/mol. The maximum Gasteiger partial charge on any atom is 0.267 e. The molecule has 9 heteroatoms. The van der Waals surface area contributed by atoms with Gasteiger partial charge in [-0.2, -0.15) is 0 Å². The predicted molar refractivity (Wildman–Crippen MR) is 137 cm³/mol. The Hall–Kier alpha value is -3.01. The van der Waals surface area contributed by atoms with Gasteiger partial charge < -0.3 is 10.1 Å². The summed E-state index contributed by atoms with van der Waals surface area (Å²) in [6.07, 6.45) is 4.12. The molecule has 1 aromatic carbocycles. The first kappa shape index (κ1) is 23.2. The first-order valence-corrected chi connectivity index (χ1v) is 11.8. The summed E-state index contributed by atoms with van der Waals surface area (Å²) >= 11 is 6.55. The van der Waals surface area contributed by atoms with Crippen LogP contribution in [0.3, 0.4) is 0 Å². The number of anilines is 1. The molecule has 2 aromatic heterocycles. The van der Waals surface area contributed by atoms with Crippen molar-refractivity contribution < 1.29 is 9.53 Å². The SMILES string of the molecule is COCCN1C(=O)/C(=C/c2c(NCCc3ccccc3)nc3ccc(C)cn3c2=O)SC1=S. The summed E-state index contributed by atoms with van der Waals surface area (Å²) in [5, 5.41) is 3.30. The van der Waals surface area contributed by atoms with Crippen LogP contribution in [0.15, 0.2) is 58.4 Å². The second-order valence-corrected chi connectivity index (χ2v) is 9.28. The van der Waals surface area contributed by atoms with Crippen molar-refractivity contribution in [3.05, 3.63) is 80.6 Å².